The number of hydrogen-bond acceptors (Lipinski definition) is 4. The van der Waals surface area contributed by atoms with E-state index in [-0.39, 0.29) is 17.8 Å². The molecule has 1 aliphatic carbocycles. The monoisotopic (exact) mass is 382 g/mol. The van der Waals surface area contributed by atoms with Crippen LogP contribution in [0.1, 0.15) is 46.8 Å². The maximum Gasteiger partial charge on any atom is 0.416 e. The van der Waals surface area contributed by atoms with E-state index in [0.29, 0.717) is 19.3 Å². The van der Waals surface area contributed by atoms with Gasteiger partial charge in [0.15, 0.2) is 5.69 Å². The summed E-state index contributed by atoms with van der Waals surface area (Å²) in [5.41, 5.74) is -0.791. The molecule has 2 atom stereocenters. The van der Waals surface area contributed by atoms with Crippen LogP contribution < -0.4 is 5.32 Å². The first-order chi connectivity index (χ1) is 12.8. The highest BCUT2D eigenvalue weighted by Crippen LogP contribution is 2.41. The number of halogens is 3. The molecule has 7 nitrogen and oxygen atoms in total. The Morgan fingerprint density at radius 3 is 2.67 bits per heavy atom. The third-order valence-corrected chi connectivity index (χ3v) is 4.59. The van der Waals surface area contributed by atoms with Crippen molar-refractivity contribution in [1.29, 1.82) is 0 Å². The average Bonchev–Trinajstić information content (AvgIpc) is 3.23. The zero-order valence-electron chi connectivity index (χ0n) is 14.1. The van der Waals surface area contributed by atoms with Gasteiger partial charge in [0.05, 0.1) is 11.8 Å². The number of rotatable bonds is 5. The number of aromatic carboxylic acids is 1. The molecule has 27 heavy (non-hydrogen) atoms. The van der Waals surface area contributed by atoms with Gasteiger partial charge < -0.3 is 10.4 Å². The molecule has 1 aliphatic rings. The van der Waals surface area contributed by atoms with Crippen LogP contribution in [0.15, 0.2) is 30.5 Å². The Morgan fingerprint density at radius 1 is 1.26 bits per heavy atom. The minimum atomic E-state index is -4.46. The van der Waals surface area contributed by atoms with E-state index < -0.39 is 35.6 Å². The summed E-state index contributed by atoms with van der Waals surface area (Å²) >= 11 is 0. The topological polar surface area (TPSA) is 97.1 Å². The second-order valence-corrected chi connectivity index (χ2v) is 6.40. The number of hydrogen-bond donors (Lipinski definition) is 2. The summed E-state index contributed by atoms with van der Waals surface area (Å²) in [6.07, 6.45) is -1.52. The van der Waals surface area contributed by atoms with E-state index in [1.54, 1.807) is 6.07 Å². The van der Waals surface area contributed by atoms with E-state index in [4.69, 9.17) is 5.11 Å². The van der Waals surface area contributed by atoms with Gasteiger partial charge in [0, 0.05) is 12.0 Å². The van der Waals surface area contributed by atoms with Crippen LogP contribution in [0, 0.1) is 0 Å². The van der Waals surface area contributed by atoms with E-state index in [2.05, 4.69) is 15.6 Å². The van der Waals surface area contributed by atoms with Crippen molar-refractivity contribution < 1.29 is 27.9 Å². The first-order valence-corrected chi connectivity index (χ1v) is 8.34. The summed E-state index contributed by atoms with van der Waals surface area (Å²) in [5, 5.41) is 18.5. The largest absolute Gasteiger partial charge is 0.476 e. The average molecular weight is 382 g/mol. The van der Waals surface area contributed by atoms with Gasteiger partial charge in [-0.1, -0.05) is 29.8 Å². The Morgan fingerprint density at radius 2 is 2.00 bits per heavy atom. The SMILES string of the molecule is O=C(Cn1cc(C(=O)O)nn1)NC1CCCC1c1ccccc1C(F)(F)F. The zero-order chi connectivity index (χ0) is 19.6. The summed E-state index contributed by atoms with van der Waals surface area (Å²) in [6, 6.07) is 4.98. The lowest BCUT2D eigenvalue weighted by Crippen LogP contribution is -2.39. The maximum atomic E-state index is 13.3. The van der Waals surface area contributed by atoms with Gasteiger partial charge in [-0.3, -0.25) is 4.79 Å². The van der Waals surface area contributed by atoms with Gasteiger partial charge in [-0.15, -0.1) is 5.10 Å². The number of nitrogens with zero attached hydrogens (tertiary/aromatic N) is 3. The second kappa shape index (κ2) is 7.37. The van der Waals surface area contributed by atoms with E-state index in [9.17, 15) is 22.8 Å². The number of aromatic nitrogens is 3. The van der Waals surface area contributed by atoms with Crippen LogP contribution in [0.3, 0.4) is 0 Å². The normalized spacial score (nSPS) is 19.8. The molecule has 144 valence electrons. The molecule has 2 aromatic rings. The van der Waals surface area contributed by atoms with Gasteiger partial charge in [-0.2, -0.15) is 13.2 Å². The quantitative estimate of drug-likeness (QED) is 0.828. The molecule has 3 rings (SSSR count). The van der Waals surface area contributed by atoms with Crippen LogP contribution in [0.4, 0.5) is 13.2 Å². The molecular weight excluding hydrogens is 365 g/mol. The Kier molecular flexibility index (Phi) is 5.15. The molecule has 1 saturated carbocycles. The summed E-state index contributed by atoms with van der Waals surface area (Å²) in [6.45, 7) is -0.260. The fourth-order valence-corrected chi connectivity index (χ4v) is 3.46. The molecule has 1 fully saturated rings. The Labute approximate surface area is 152 Å². The second-order valence-electron chi connectivity index (χ2n) is 6.40. The molecule has 1 heterocycles. The number of carbonyl (C=O) groups excluding carboxylic acids is 1. The molecule has 10 heteroatoms. The van der Waals surface area contributed by atoms with Crippen molar-refractivity contribution in [2.45, 2.75) is 43.9 Å². The molecule has 0 saturated heterocycles. The number of carboxylic acids is 1. The van der Waals surface area contributed by atoms with Crippen LogP contribution in [0.25, 0.3) is 0 Å². The summed E-state index contributed by atoms with van der Waals surface area (Å²) in [7, 11) is 0. The first-order valence-electron chi connectivity index (χ1n) is 8.34. The fourth-order valence-electron chi connectivity index (χ4n) is 3.46. The predicted molar refractivity (Wildman–Crippen MR) is 86.9 cm³/mol. The van der Waals surface area contributed by atoms with Crippen molar-refractivity contribution >= 4 is 11.9 Å². The van der Waals surface area contributed by atoms with Crippen LogP contribution in [0.2, 0.25) is 0 Å². The third-order valence-electron chi connectivity index (χ3n) is 4.59. The molecule has 2 N–H and O–H groups in total. The van der Waals surface area contributed by atoms with Crippen molar-refractivity contribution in [1.82, 2.24) is 20.3 Å². The number of nitrogens with one attached hydrogen (secondary N) is 1. The van der Waals surface area contributed by atoms with E-state index >= 15 is 0 Å². The Hall–Kier alpha value is -2.91. The number of amides is 1. The molecule has 0 bridgehead atoms. The molecule has 0 spiro atoms. The smallest absolute Gasteiger partial charge is 0.416 e. The molecule has 1 aromatic carbocycles. The zero-order valence-corrected chi connectivity index (χ0v) is 14.1. The fraction of sp³-hybridized carbons (Fsp3) is 0.412. The lowest BCUT2D eigenvalue weighted by atomic mass is 9.89. The highest BCUT2D eigenvalue weighted by molar-refractivity contribution is 5.84. The van der Waals surface area contributed by atoms with Crippen LogP contribution >= 0.6 is 0 Å². The molecule has 0 radical (unpaired) electrons. The van der Waals surface area contributed by atoms with Gasteiger partial charge >= 0.3 is 12.1 Å². The number of benzene rings is 1. The van der Waals surface area contributed by atoms with Gasteiger partial charge in [0.25, 0.3) is 0 Å². The van der Waals surface area contributed by atoms with Gasteiger partial charge in [-0.25, -0.2) is 9.48 Å². The van der Waals surface area contributed by atoms with Gasteiger partial charge in [0.2, 0.25) is 5.91 Å². The summed E-state index contributed by atoms with van der Waals surface area (Å²) in [4.78, 5) is 23.0. The predicted octanol–water partition coefficient (Wildman–Crippen LogP) is 2.45. The molecule has 0 aliphatic heterocycles. The Bertz CT molecular complexity index is 850. The maximum absolute atomic E-state index is 13.3. The first kappa shape index (κ1) is 18.9. The molecule has 1 aromatic heterocycles. The van der Waals surface area contributed by atoms with E-state index in [0.717, 1.165) is 16.9 Å². The summed E-state index contributed by atoms with van der Waals surface area (Å²) < 4.78 is 41.0. The van der Waals surface area contributed by atoms with E-state index in [1.165, 1.54) is 12.1 Å². The van der Waals surface area contributed by atoms with Crippen molar-refractivity contribution in [3.8, 4) is 0 Å². The van der Waals surface area contributed by atoms with Gasteiger partial charge in [-0.05, 0) is 24.5 Å². The van der Waals surface area contributed by atoms with Crippen molar-refractivity contribution in [3.05, 3.63) is 47.3 Å². The highest BCUT2D eigenvalue weighted by atomic mass is 19.4. The van der Waals surface area contributed by atoms with Crippen LogP contribution in [0.5, 0.6) is 0 Å². The van der Waals surface area contributed by atoms with Crippen molar-refractivity contribution in [2.75, 3.05) is 0 Å². The van der Waals surface area contributed by atoms with Gasteiger partial charge in [0.1, 0.15) is 6.54 Å². The van der Waals surface area contributed by atoms with Crippen LogP contribution in [-0.4, -0.2) is 38.0 Å². The van der Waals surface area contributed by atoms with Crippen molar-refractivity contribution in [3.63, 3.8) is 0 Å². The molecule has 2 unspecified atom stereocenters. The third kappa shape index (κ3) is 4.26. The standard InChI is InChI=1S/C17H17F3N4O3/c18-17(19,20)12-6-2-1-4-10(12)11-5-3-7-13(11)21-15(25)9-24-8-14(16(26)27)22-23-24/h1-2,4,6,8,11,13H,3,5,7,9H2,(H,21,25)(H,26,27). The van der Waals surface area contributed by atoms with Crippen LogP contribution in [-0.2, 0) is 17.5 Å². The minimum Gasteiger partial charge on any atom is -0.476 e. The lowest BCUT2D eigenvalue weighted by molar-refractivity contribution is -0.138. The highest BCUT2D eigenvalue weighted by Gasteiger charge is 2.38. The number of carbonyl (C=O) groups is 2. The number of carboxylic acid groups (broad SMARTS) is 1. The molecular formula is C17H17F3N4O3. The Balaban J connectivity index is 1.72. The minimum absolute atomic E-state index is 0.182. The lowest BCUT2D eigenvalue weighted by Gasteiger charge is -2.24. The summed E-state index contributed by atoms with van der Waals surface area (Å²) in [5.74, 6) is -2.16. The molecule has 1 amide bonds. The van der Waals surface area contributed by atoms with Crippen molar-refractivity contribution in [2.24, 2.45) is 0 Å². The van der Waals surface area contributed by atoms with E-state index in [1.807, 2.05) is 0 Å². The number of alkyl halides is 3.